The van der Waals surface area contributed by atoms with Crippen LogP contribution in [0.4, 0.5) is 17.6 Å². The Morgan fingerprint density at radius 2 is 1.69 bits per heavy atom. The lowest BCUT2D eigenvalue weighted by atomic mass is 9.92. The Balaban J connectivity index is 1.82. The van der Waals surface area contributed by atoms with Crippen LogP contribution in [0.1, 0.15) is 46.0 Å². The number of anilines is 3. The van der Waals surface area contributed by atoms with Crippen molar-refractivity contribution in [3.63, 3.8) is 0 Å². The molecule has 0 radical (unpaired) electrons. The Labute approximate surface area is 180 Å². The molecule has 0 saturated carbocycles. The molecule has 2 N–H and O–H groups in total. The Morgan fingerprint density at radius 3 is 2.31 bits per heavy atom. The van der Waals surface area contributed by atoms with E-state index in [1.165, 1.54) is 32.1 Å². The Kier molecular flexibility index (Phi) is 8.29. The molecule has 2 fully saturated rings. The van der Waals surface area contributed by atoms with Crippen molar-refractivity contribution in [2.75, 3.05) is 61.6 Å². The van der Waals surface area contributed by atoms with Crippen LogP contribution < -0.4 is 20.4 Å². The van der Waals surface area contributed by atoms with E-state index < -0.39 is 0 Å². The third-order valence-electron chi connectivity index (χ3n) is 5.64. The molecule has 0 bridgehead atoms. The van der Waals surface area contributed by atoms with Crippen LogP contribution in [0, 0.1) is 11.8 Å². The molecule has 0 amide bonds. The molecule has 1 aromatic rings. The van der Waals surface area contributed by atoms with Gasteiger partial charge in [0.05, 0.1) is 6.61 Å². The molecule has 1 aromatic heterocycles. The topological polar surface area (TPSA) is 65.6 Å². The maximum Gasteiger partial charge on any atom is 0.232 e. The summed E-state index contributed by atoms with van der Waals surface area (Å²) in [4.78, 5) is 14.5. The van der Waals surface area contributed by atoms with Crippen LogP contribution in [0.5, 0.6) is 0 Å². The van der Waals surface area contributed by atoms with Gasteiger partial charge in [-0.05, 0) is 43.3 Å². The molecule has 0 aliphatic carbocycles. The predicted octanol–water partition coefficient (Wildman–Crippen LogP) is 3.27. The highest BCUT2D eigenvalue weighted by atomic mass is 32.1. The third kappa shape index (κ3) is 6.67. The quantitative estimate of drug-likeness (QED) is 0.537. The van der Waals surface area contributed by atoms with Gasteiger partial charge in [-0.2, -0.15) is 9.97 Å². The number of hydrogen-bond donors (Lipinski definition) is 2. The number of thiocarbonyl (C=S) groups is 1. The fraction of sp³-hybridized carbons (Fsp3) is 0.762. The number of nitrogens with zero attached hydrogens (tertiary/aromatic N) is 4. The van der Waals surface area contributed by atoms with Gasteiger partial charge >= 0.3 is 0 Å². The van der Waals surface area contributed by atoms with Crippen molar-refractivity contribution in [1.82, 2.24) is 15.3 Å². The fourth-order valence-corrected chi connectivity index (χ4v) is 4.56. The molecule has 29 heavy (non-hydrogen) atoms. The van der Waals surface area contributed by atoms with Gasteiger partial charge in [-0.1, -0.05) is 26.7 Å². The van der Waals surface area contributed by atoms with E-state index in [9.17, 15) is 0 Å². The molecule has 7 nitrogen and oxygen atoms in total. The summed E-state index contributed by atoms with van der Waals surface area (Å²) in [6.45, 7) is 10.1. The van der Waals surface area contributed by atoms with Gasteiger partial charge in [0.15, 0.2) is 5.11 Å². The van der Waals surface area contributed by atoms with Crippen molar-refractivity contribution in [2.24, 2.45) is 11.8 Å². The van der Waals surface area contributed by atoms with Crippen molar-refractivity contribution in [3.05, 3.63) is 6.07 Å². The summed E-state index contributed by atoms with van der Waals surface area (Å²) in [6, 6.07) is 2.17. The molecule has 2 aliphatic rings. The van der Waals surface area contributed by atoms with Crippen LogP contribution in [0.25, 0.3) is 0 Å². The predicted molar refractivity (Wildman–Crippen MR) is 124 cm³/mol. The van der Waals surface area contributed by atoms with E-state index >= 15 is 0 Å². The first-order chi connectivity index (χ1) is 14.0. The van der Waals surface area contributed by atoms with E-state index in [4.69, 9.17) is 26.9 Å². The highest BCUT2D eigenvalue weighted by Crippen LogP contribution is 2.29. The number of methoxy groups -OCH3 is 1. The number of hydrogen-bond acceptors (Lipinski definition) is 6. The van der Waals surface area contributed by atoms with Crippen molar-refractivity contribution >= 4 is 34.9 Å². The first-order valence-corrected chi connectivity index (χ1v) is 11.4. The lowest BCUT2D eigenvalue weighted by molar-refractivity contribution is 0.204. The fourth-order valence-electron chi connectivity index (χ4n) is 4.36. The zero-order valence-electron chi connectivity index (χ0n) is 18.1. The highest BCUT2D eigenvalue weighted by molar-refractivity contribution is 7.80. The van der Waals surface area contributed by atoms with E-state index in [1.807, 2.05) is 0 Å². The smallest absolute Gasteiger partial charge is 0.232 e. The van der Waals surface area contributed by atoms with Gasteiger partial charge in [-0.25, -0.2) is 0 Å². The monoisotopic (exact) mass is 420 g/mol. The first-order valence-electron chi connectivity index (χ1n) is 11.0. The molecule has 2 aliphatic heterocycles. The van der Waals surface area contributed by atoms with Crippen LogP contribution in [0.2, 0.25) is 0 Å². The van der Waals surface area contributed by atoms with Crippen molar-refractivity contribution < 1.29 is 4.74 Å². The number of piperidine rings is 1. The van der Waals surface area contributed by atoms with Crippen LogP contribution in [-0.4, -0.2) is 61.5 Å². The molecule has 2 saturated heterocycles. The minimum atomic E-state index is 0.529. The van der Waals surface area contributed by atoms with Crippen LogP contribution in [-0.2, 0) is 4.74 Å². The average Bonchev–Trinajstić information content (AvgIpc) is 2.97. The molecule has 2 atom stereocenters. The molecule has 0 spiro atoms. The van der Waals surface area contributed by atoms with Gasteiger partial charge in [0, 0.05) is 45.9 Å². The molecule has 3 heterocycles. The molecule has 8 heteroatoms. The lowest BCUT2D eigenvalue weighted by Crippen LogP contribution is -2.39. The zero-order chi connectivity index (χ0) is 20.6. The first kappa shape index (κ1) is 22.0. The summed E-state index contributed by atoms with van der Waals surface area (Å²) < 4.78 is 5.08. The Hall–Kier alpha value is -1.67. The minimum absolute atomic E-state index is 0.529. The molecule has 0 unspecified atom stereocenters. The second kappa shape index (κ2) is 10.9. The summed E-state index contributed by atoms with van der Waals surface area (Å²) in [5.41, 5.74) is 0. The SMILES string of the molecule is COCCNC(=S)Nc1nc(N2CCCCCC2)cc(N2C[C@H](C)C[C@@H](C)C2)n1. The van der Waals surface area contributed by atoms with E-state index in [1.54, 1.807) is 7.11 Å². The van der Waals surface area contributed by atoms with Gasteiger partial charge in [0.1, 0.15) is 11.6 Å². The summed E-state index contributed by atoms with van der Waals surface area (Å²) in [5, 5.41) is 6.86. The minimum Gasteiger partial charge on any atom is -0.383 e. The standard InChI is InChI=1S/C21H36N6OS/c1-16-12-17(2)15-27(14-16)19-13-18(26-9-6-4-5-7-10-26)23-20(24-19)25-21(29)22-8-11-28-3/h13,16-17H,4-12,14-15H2,1-3H3,(H2,22,23,24,25,29)/t16-,17-/m1/s1. The molecular weight excluding hydrogens is 384 g/mol. The van der Waals surface area contributed by atoms with Crippen LogP contribution >= 0.6 is 12.2 Å². The maximum atomic E-state index is 5.42. The molecule has 162 valence electrons. The van der Waals surface area contributed by atoms with Gasteiger partial charge in [0.25, 0.3) is 0 Å². The normalized spacial score (nSPS) is 22.9. The Bertz CT molecular complexity index is 655. The summed E-state index contributed by atoms with van der Waals surface area (Å²) in [7, 11) is 1.68. The zero-order valence-corrected chi connectivity index (χ0v) is 18.9. The van der Waals surface area contributed by atoms with Crippen molar-refractivity contribution in [2.45, 2.75) is 46.0 Å². The molecular formula is C21H36N6OS. The van der Waals surface area contributed by atoms with Gasteiger partial charge in [0.2, 0.25) is 5.95 Å². The number of nitrogens with one attached hydrogen (secondary N) is 2. The van der Waals surface area contributed by atoms with Crippen molar-refractivity contribution in [1.29, 1.82) is 0 Å². The second-order valence-electron chi connectivity index (χ2n) is 8.53. The van der Waals surface area contributed by atoms with E-state index in [-0.39, 0.29) is 0 Å². The molecule has 3 rings (SSSR count). The number of aromatic nitrogens is 2. The van der Waals surface area contributed by atoms with Gasteiger partial charge < -0.3 is 25.2 Å². The maximum absolute atomic E-state index is 5.42. The van der Waals surface area contributed by atoms with E-state index in [0.29, 0.717) is 36.0 Å². The number of ether oxygens (including phenoxy) is 1. The second-order valence-corrected chi connectivity index (χ2v) is 8.94. The Morgan fingerprint density at radius 1 is 1.07 bits per heavy atom. The average molecular weight is 421 g/mol. The highest BCUT2D eigenvalue weighted by Gasteiger charge is 2.24. The third-order valence-corrected chi connectivity index (χ3v) is 5.89. The van der Waals surface area contributed by atoms with E-state index in [0.717, 1.165) is 37.8 Å². The van der Waals surface area contributed by atoms with E-state index in [2.05, 4.69) is 40.3 Å². The summed E-state index contributed by atoms with van der Waals surface area (Å²) in [6.07, 6.45) is 6.31. The summed E-state index contributed by atoms with van der Waals surface area (Å²) >= 11 is 5.42. The summed E-state index contributed by atoms with van der Waals surface area (Å²) in [5.74, 6) is 3.92. The lowest BCUT2D eigenvalue weighted by Gasteiger charge is -2.36. The number of rotatable bonds is 6. The van der Waals surface area contributed by atoms with Gasteiger partial charge in [-0.3, -0.25) is 0 Å². The molecule has 0 aromatic carbocycles. The van der Waals surface area contributed by atoms with Crippen LogP contribution in [0.15, 0.2) is 6.07 Å². The van der Waals surface area contributed by atoms with Gasteiger partial charge in [-0.15, -0.1) is 0 Å². The largest absolute Gasteiger partial charge is 0.383 e. The van der Waals surface area contributed by atoms with Crippen LogP contribution in [0.3, 0.4) is 0 Å². The van der Waals surface area contributed by atoms with Crippen molar-refractivity contribution in [3.8, 4) is 0 Å².